The van der Waals surface area contributed by atoms with Crippen LogP contribution >= 0.6 is 0 Å². The third kappa shape index (κ3) is 6.09. The van der Waals surface area contributed by atoms with E-state index in [1.54, 1.807) is 6.08 Å². The molecule has 0 atom stereocenters. The van der Waals surface area contributed by atoms with Gasteiger partial charge in [0.2, 0.25) is 0 Å². The average molecular weight is 480 g/mol. The van der Waals surface area contributed by atoms with Crippen LogP contribution in [0.1, 0.15) is 36.1 Å². The van der Waals surface area contributed by atoms with Gasteiger partial charge in [0.15, 0.2) is 0 Å². The van der Waals surface area contributed by atoms with Gasteiger partial charge in [-0.15, -0.1) is 0 Å². The second-order valence-corrected chi connectivity index (χ2v) is 8.39. The fraction of sp³-hybridized carbons (Fsp3) is 0.240. The third-order valence-electron chi connectivity index (χ3n) is 5.30. The molecule has 0 unspecified atom stereocenters. The van der Waals surface area contributed by atoms with Crippen molar-refractivity contribution in [3.63, 3.8) is 0 Å². The van der Waals surface area contributed by atoms with Gasteiger partial charge in [-0.2, -0.15) is 26.3 Å². The van der Waals surface area contributed by atoms with Crippen LogP contribution in [-0.2, 0) is 12.4 Å². The van der Waals surface area contributed by atoms with E-state index in [1.165, 1.54) is 48.6 Å². The fourth-order valence-electron chi connectivity index (χ4n) is 3.45. The Morgan fingerprint density at radius 2 is 1.50 bits per heavy atom. The highest BCUT2D eigenvalue weighted by molar-refractivity contribution is 5.79. The predicted molar refractivity (Wildman–Crippen MR) is 118 cm³/mol. The summed E-state index contributed by atoms with van der Waals surface area (Å²) in [7, 11) is 0. The molecule has 0 aromatic heterocycles. The molecule has 0 saturated carbocycles. The van der Waals surface area contributed by atoms with Crippen molar-refractivity contribution in [2.45, 2.75) is 26.2 Å². The molecule has 2 aromatic carbocycles. The van der Waals surface area contributed by atoms with Crippen LogP contribution in [0.5, 0.6) is 0 Å². The number of amides is 2. The number of urea groups is 1. The molecule has 1 aliphatic rings. The van der Waals surface area contributed by atoms with Crippen molar-refractivity contribution in [1.82, 2.24) is 10.6 Å². The Bertz CT molecular complexity index is 1140. The Morgan fingerprint density at radius 1 is 0.882 bits per heavy atom. The molecule has 1 aliphatic heterocycles. The van der Waals surface area contributed by atoms with Gasteiger partial charge in [-0.25, -0.2) is 4.79 Å². The Morgan fingerprint density at radius 3 is 2.12 bits per heavy atom. The maximum Gasteiger partial charge on any atom is 0.416 e. The van der Waals surface area contributed by atoms with E-state index < -0.39 is 34.9 Å². The van der Waals surface area contributed by atoms with Crippen molar-refractivity contribution >= 4 is 18.2 Å². The van der Waals surface area contributed by atoms with E-state index in [0.717, 1.165) is 18.2 Å². The number of carbonyl (C=O) groups is 1. The number of alkyl halides is 6. The first-order valence-electron chi connectivity index (χ1n) is 10.3. The highest BCUT2D eigenvalue weighted by atomic mass is 19.4. The molecule has 2 N–H and O–H groups in total. The first kappa shape index (κ1) is 25.1. The summed E-state index contributed by atoms with van der Waals surface area (Å²) >= 11 is 0. The van der Waals surface area contributed by atoms with E-state index in [-0.39, 0.29) is 5.56 Å². The molecule has 2 aromatic rings. The van der Waals surface area contributed by atoms with Crippen molar-refractivity contribution in [3.05, 3.63) is 94.2 Å². The molecule has 9 heteroatoms. The highest BCUT2D eigenvalue weighted by Gasteiger charge is 2.33. The van der Waals surface area contributed by atoms with Gasteiger partial charge in [0.25, 0.3) is 0 Å². The van der Waals surface area contributed by atoms with E-state index in [0.29, 0.717) is 23.4 Å². The van der Waals surface area contributed by atoms with Crippen molar-refractivity contribution in [2.24, 2.45) is 5.41 Å². The first-order chi connectivity index (χ1) is 15.8. The van der Waals surface area contributed by atoms with E-state index in [1.807, 2.05) is 13.8 Å². The molecular formula is C25H22F6N2O. The Hall–Kier alpha value is -3.49. The zero-order chi connectivity index (χ0) is 25.1. The Labute approximate surface area is 192 Å². The topological polar surface area (TPSA) is 41.1 Å². The van der Waals surface area contributed by atoms with Crippen LogP contribution in [0.3, 0.4) is 0 Å². The number of halogens is 6. The van der Waals surface area contributed by atoms with Crippen LogP contribution in [0.2, 0.25) is 0 Å². The molecule has 1 fully saturated rings. The number of allylic oxidation sites excluding steroid dienone is 3. The minimum atomic E-state index is -4.55. The highest BCUT2D eigenvalue weighted by Crippen LogP contribution is 2.34. The lowest BCUT2D eigenvalue weighted by atomic mass is 9.84. The van der Waals surface area contributed by atoms with Gasteiger partial charge in [-0.3, -0.25) is 0 Å². The number of hydrogen-bond acceptors (Lipinski definition) is 1. The number of rotatable bonds is 4. The van der Waals surface area contributed by atoms with Crippen LogP contribution < -0.4 is 10.6 Å². The van der Waals surface area contributed by atoms with Crippen LogP contribution in [0.15, 0.2) is 72.0 Å². The molecule has 1 heterocycles. The molecule has 1 saturated heterocycles. The predicted octanol–water partition coefficient (Wildman–Crippen LogP) is 7.04. The Balaban J connectivity index is 2.04. The summed E-state index contributed by atoms with van der Waals surface area (Å²) in [6.07, 6.45) is -3.18. The van der Waals surface area contributed by atoms with Gasteiger partial charge in [0.1, 0.15) is 0 Å². The van der Waals surface area contributed by atoms with E-state index in [2.05, 4.69) is 10.6 Å². The second-order valence-electron chi connectivity index (χ2n) is 8.39. The standard InChI is InChI=1S/C25H22F6N2O/c1-23(2)15-32-22(34)33-21(23)18(10-7-16-8-13-19(14-9-16)24(26,27)28)12-11-17-5-3-4-6-20(17)25(29,30)31/h3-14H,15H2,1-2H3,(H2,32,33,34). The molecule has 0 aliphatic carbocycles. The monoisotopic (exact) mass is 480 g/mol. The molecule has 0 spiro atoms. The minimum Gasteiger partial charge on any atom is -0.337 e. The molecule has 0 bridgehead atoms. The van der Waals surface area contributed by atoms with Crippen molar-refractivity contribution in [2.75, 3.05) is 6.54 Å². The largest absolute Gasteiger partial charge is 0.416 e. The van der Waals surface area contributed by atoms with Gasteiger partial charge in [0, 0.05) is 17.7 Å². The number of hydrogen-bond donors (Lipinski definition) is 2. The van der Waals surface area contributed by atoms with Gasteiger partial charge in [-0.05, 0) is 34.9 Å². The van der Waals surface area contributed by atoms with Gasteiger partial charge in [-0.1, -0.05) is 68.5 Å². The maximum atomic E-state index is 13.4. The zero-order valence-corrected chi connectivity index (χ0v) is 18.3. The molecule has 2 amide bonds. The van der Waals surface area contributed by atoms with Crippen molar-refractivity contribution < 1.29 is 31.1 Å². The summed E-state index contributed by atoms with van der Waals surface area (Å²) in [6.45, 7) is 3.98. The number of benzene rings is 2. The summed E-state index contributed by atoms with van der Waals surface area (Å²) in [5, 5.41) is 5.38. The summed E-state index contributed by atoms with van der Waals surface area (Å²) < 4.78 is 78.6. The first-order valence-corrected chi connectivity index (χ1v) is 10.3. The SMILES string of the molecule is CC1(C)CNC(=O)NC1=C(C=Cc1ccc(C(F)(F)F)cc1)C=Cc1ccccc1C(F)(F)F. The summed E-state index contributed by atoms with van der Waals surface area (Å²) in [5.41, 5.74) is -0.907. The molecule has 0 radical (unpaired) electrons. The lowest BCUT2D eigenvalue weighted by molar-refractivity contribution is -0.138. The zero-order valence-electron chi connectivity index (χ0n) is 18.3. The van der Waals surface area contributed by atoms with Crippen molar-refractivity contribution in [3.8, 4) is 0 Å². The smallest absolute Gasteiger partial charge is 0.337 e. The van der Waals surface area contributed by atoms with Crippen LogP contribution in [-0.4, -0.2) is 12.6 Å². The van der Waals surface area contributed by atoms with E-state index >= 15 is 0 Å². The molecule has 3 rings (SSSR count). The molecular weight excluding hydrogens is 458 g/mol. The van der Waals surface area contributed by atoms with Gasteiger partial charge >= 0.3 is 18.4 Å². The van der Waals surface area contributed by atoms with Gasteiger partial charge in [0.05, 0.1) is 11.1 Å². The van der Waals surface area contributed by atoms with Crippen LogP contribution in [0, 0.1) is 5.41 Å². The average Bonchev–Trinajstić information content (AvgIpc) is 2.75. The second kappa shape index (κ2) is 9.40. The Kier molecular flexibility index (Phi) is 6.95. The fourth-order valence-corrected chi connectivity index (χ4v) is 3.45. The number of nitrogens with one attached hydrogen (secondary N) is 2. The number of carbonyl (C=O) groups excluding carboxylic acids is 1. The van der Waals surface area contributed by atoms with E-state index in [4.69, 9.17) is 0 Å². The molecule has 180 valence electrons. The minimum absolute atomic E-state index is 0.0610. The van der Waals surface area contributed by atoms with Crippen molar-refractivity contribution in [1.29, 1.82) is 0 Å². The van der Waals surface area contributed by atoms with Gasteiger partial charge < -0.3 is 10.6 Å². The summed E-state index contributed by atoms with van der Waals surface area (Å²) in [5.74, 6) is 0. The molecule has 3 nitrogen and oxygen atoms in total. The maximum absolute atomic E-state index is 13.4. The quantitative estimate of drug-likeness (QED) is 0.453. The molecule has 34 heavy (non-hydrogen) atoms. The van der Waals surface area contributed by atoms with E-state index in [9.17, 15) is 31.1 Å². The summed E-state index contributed by atoms with van der Waals surface area (Å²) in [4.78, 5) is 12.0. The normalized spacial score (nSPS) is 18.2. The lowest BCUT2D eigenvalue weighted by Crippen LogP contribution is -2.51. The lowest BCUT2D eigenvalue weighted by Gasteiger charge is -2.34. The van der Waals surface area contributed by atoms with Crippen LogP contribution in [0.4, 0.5) is 31.1 Å². The summed E-state index contributed by atoms with van der Waals surface area (Å²) in [6, 6.07) is 9.08. The van der Waals surface area contributed by atoms with Crippen LogP contribution in [0.25, 0.3) is 12.2 Å². The third-order valence-corrected chi connectivity index (χ3v) is 5.30.